The summed E-state index contributed by atoms with van der Waals surface area (Å²) in [7, 11) is 3.19. The number of hydrogen-bond donors (Lipinski definition) is 2. The van der Waals surface area contributed by atoms with Gasteiger partial charge in [-0.15, -0.1) is 0 Å². The first-order chi connectivity index (χ1) is 10.1. The first kappa shape index (κ1) is 17.3. The van der Waals surface area contributed by atoms with Gasteiger partial charge in [0.25, 0.3) is 0 Å². The van der Waals surface area contributed by atoms with Gasteiger partial charge in [0.1, 0.15) is 0 Å². The average molecular weight is 295 g/mol. The van der Waals surface area contributed by atoms with Gasteiger partial charge in [0.05, 0.1) is 7.11 Å². The minimum atomic E-state index is -0.350. The van der Waals surface area contributed by atoms with Gasteiger partial charge in [0.2, 0.25) is 0 Å². The van der Waals surface area contributed by atoms with Crippen molar-refractivity contribution in [3.05, 3.63) is 29.6 Å². The molecular formula is C16H26FN3O. The first-order valence-electron chi connectivity index (χ1n) is 7.41. The quantitative estimate of drug-likeness (QED) is 0.600. The zero-order chi connectivity index (χ0) is 15.7. The van der Waals surface area contributed by atoms with Crippen molar-refractivity contribution in [2.45, 2.75) is 33.2 Å². The number of guanidine groups is 1. The lowest BCUT2D eigenvalue weighted by atomic mass is 10.0. The fourth-order valence-corrected chi connectivity index (χ4v) is 2.04. The van der Waals surface area contributed by atoms with E-state index in [1.807, 2.05) is 6.07 Å². The third-order valence-corrected chi connectivity index (χ3v) is 3.61. The van der Waals surface area contributed by atoms with Crippen LogP contribution in [0.5, 0.6) is 5.75 Å². The molecule has 4 nitrogen and oxygen atoms in total. The van der Waals surface area contributed by atoms with Gasteiger partial charge in [-0.2, -0.15) is 0 Å². The molecule has 0 aliphatic carbocycles. The number of hydrogen-bond acceptors (Lipinski definition) is 2. The molecule has 1 rings (SSSR count). The Labute approximate surface area is 126 Å². The SMILES string of the molecule is CCC(CC)CNC(=NC)NCc1ccc(OC)c(F)c1. The maximum Gasteiger partial charge on any atom is 0.191 e. The van der Waals surface area contributed by atoms with Gasteiger partial charge in [0.15, 0.2) is 17.5 Å². The van der Waals surface area contributed by atoms with E-state index in [0.717, 1.165) is 30.9 Å². The Morgan fingerprint density at radius 1 is 1.29 bits per heavy atom. The van der Waals surface area contributed by atoms with E-state index in [2.05, 4.69) is 29.5 Å². The Kier molecular flexibility index (Phi) is 7.58. The molecular weight excluding hydrogens is 269 g/mol. The lowest BCUT2D eigenvalue weighted by Crippen LogP contribution is -2.39. The second-order valence-corrected chi connectivity index (χ2v) is 4.96. The van der Waals surface area contributed by atoms with E-state index in [9.17, 15) is 4.39 Å². The zero-order valence-electron chi connectivity index (χ0n) is 13.4. The smallest absolute Gasteiger partial charge is 0.191 e. The maximum atomic E-state index is 13.6. The number of ether oxygens (including phenoxy) is 1. The van der Waals surface area contributed by atoms with Crippen molar-refractivity contribution < 1.29 is 9.13 Å². The van der Waals surface area contributed by atoms with Crippen molar-refractivity contribution in [2.24, 2.45) is 10.9 Å². The van der Waals surface area contributed by atoms with E-state index >= 15 is 0 Å². The second kappa shape index (κ2) is 9.21. The molecule has 0 bridgehead atoms. The van der Waals surface area contributed by atoms with Crippen molar-refractivity contribution in [1.82, 2.24) is 10.6 Å². The second-order valence-electron chi connectivity index (χ2n) is 4.96. The van der Waals surface area contributed by atoms with Crippen molar-refractivity contribution in [2.75, 3.05) is 20.7 Å². The van der Waals surface area contributed by atoms with Gasteiger partial charge in [0, 0.05) is 20.1 Å². The molecule has 0 aliphatic heterocycles. The van der Waals surface area contributed by atoms with Gasteiger partial charge >= 0.3 is 0 Å². The van der Waals surface area contributed by atoms with Gasteiger partial charge in [-0.1, -0.05) is 32.8 Å². The number of aliphatic imine (C=N–C) groups is 1. The van der Waals surface area contributed by atoms with Gasteiger partial charge < -0.3 is 15.4 Å². The van der Waals surface area contributed by atoms with Crippen LogP contribution < -0.4 is 15.4 Å². The summed E-state index contributed by atoms with van der Waals surface area (Å²) in [6.45, 7) is 5.78. The molecule has 0 aromatic heterocycles. The molecule has 0 fully saturated rings. The first-order valence-corrected chi connectivity index (χ1v) is 7.41. The summed E-state index contributed by atoms with van der Waals surface area (Å²) in [6.07, 6.45) is 2.29. The molecule has 2 N–H and O–H groups in total. The van der Waals surface area contributed by atoms with Crippen LogP contribution in [0.15, 0.2) is 23.2 Å². The number of benzene rings is 1. The highest BCUT2D eigenvalue weighted by molar-refractivity contribution is 5.79. The Morgan fingerprint density at radius 3 is 2.52 bits per heavy atom. The number of nitrogens with zero attached hydrogens (tertiary/aromatic N) is 1. The third-order valence-electron chi connectivity index (χ3n) is 3.61. The topological polar surface area (TPSA) is 45.7 Å². The fraction of sp³-hybridized carbons (Fsp3) is 0.562. The van der Waals surface area contributed by atoms with Crippen LogP contribution in [-0.4, -0.2) is 26.7 Å². The summed E-state index contributed by atoms with van der Waals surface area (Å²) in [5.74, 6) is 1.28. The predicted molar refractivity (Wildman–Crippen MR) is 85.2 cm³/mol. The van der Waals surface area contributed by atoms with Gasteiger partial charge in [-0.05, 0) is 23.6 Å². The van der Waals surface area contributed by atoms with Gasteiger partial charge in [-0.3, -0.25) is 4.99 Å². The summed E-state index contributed by atoms with van der Waals surface area (Å²) in [5, 5.41) is 6.48. The summed E-state index contributed by atoms with van der Waals surface area (Å²) >= 11 is 0. The molecule has 0 saturated carbocycles. The van der Waals surface area contributed by atoms with Crippen LogP contribution in [-0.2, 0) is 6.54 Å². The lowest BCUT2D eigenvalue weighted by molar-refractivity contribution is 0.386. The van der Waals surface area contributed by atoms with Crippen LogP contribution in [0.4, 0.5) is 4.39 Å². The molecule has 0 radical (unpaired) electrons. The van der Waals surface area contributed by atoms with Crippen LogP contribution in [0.3, 0.4) is 0 Å². The highest BCUT2D eigenvalue weighted by Gasteiger charge is 2.06. The molecule has 0 amide bonds. The predicted octanol–water partition coefficient (Wildman–Crippen LogP) is 2.94. The van der Waals surface area contributed by atoms with Crippen LogP contribution in [0.2, 0.25) is 0 Å². The van der Waals surface area contributed by atoms with Crippen molar-refractivity contribution in [3.8, 4) is 5.75 Å². The Hall–Kier alpha value is -1.78. The fourth-order valence-electron chi connectivity index (χ4n) is 2.04. The molecule has 5 heteroatoms. The summed E-state index contributed by atoms with van der Waals surface area (Å²) in [6, 6.07) is 4.94. The molecule has 0 aliphatic rings. The van der Waals surface area contributed by atoms with Crippen LogP contribution in [0.25, 0.3) is 0 Å². The Balaban J connectivity index is 2.50. The molecule has 0 heterocycles. The Bertz CT molecular complexity index is 459. The normalized spacial score (nSPS) is 11.6. The van der Waals surface area contributed by atoms with E-state index < -0.39 is 0 Å². The van der Waals surface area contributed by atoms with Crippen molar-refractivity contribution in [1.29, 1.82) is 0 Å². The number of nitrogens with one attached hydrogen (secondary N) is 2. The van der Waals surface area contributed by atoms with Crippen molar-refractivity contribution in [3.63, 3.8) is 0 Å². The molecule has 1 aromatic carbocycles. The number of rotatable bonds is 7. The van der Waals surface area contributed by atoms with Crippen molar-refractivity contribution >= 4 is 5.96 Å². The van der Waals surface area contributed by atoms with E-state index in [1.165, 1.54) is 13.2 Å². The van der Waals surface area contributed by atoms with Crippen LogP contribution in [0, 0.1) is 11.7 Å². The molecule has 0 spiro atoms. The molecule has 118 valence electrons. The molecule has 0 saturated heterocycles. The molecule has 0 atom stereocenters. The third kappa shape index (κ3) is 5.61. The molecule has 0 unspecified atom stereocenters. The number of halogens is 1. The van der Waals surface area contributed by atoms with E-state index in [0.29, 0.717) is 12.5 Å². The van der Waals surface area contributed by atoms with E-state index in [1.54, 1.807) is 13.1 Å². The van der Waals surface area contributed by atoms with E-state index in [-0.39, 0.29) is 11.6 Å². The molecule has 1 aromatic rings. The highest BCUT2D eigenvalue weighted by atomic mass is 19.1. The summed E-state index contributed by atoms with van der Waals surface area (Å²) in [4.78, 5) is 4.18. The summed E-state index contributed by atoms with van der Waals surface area (Å²) in [5.41, 5.74) is 0.846. The van der Waals surface area contributed by atoms with E-state index in [4.69, 9.17) is 4.74 Å². The van der Waals surface area contributed by atoms with Gasteiger partial charge in [-0.25, -0.2) is 4.39 Å². The largest absolute Gasteiger partial charge is 0.494 e. The zero-order valence-corrected chi connectivity index (χ0v) is 13.4. The minimum Gasteiger partial charge on any atom is -0.494 e. The lowest BCUT2D eigenvalue weighted by Gasteiger charge is -2.16. The average Bonchev–Trinajstić information content (AvgIpc) is 2.51. The molecule has 21 heavy (non-hydrogen) atoms. The highest BCUT2D eigenvalue weighted by Crippen LogP contribution is 2.17. The van der Waals surface area contributed by atoms with Crippen LogP contribution in [0.1, 0.15) is 32.3 Å². The standard InChI is InChI=1S/C16H26FN3O/c1-5-12(6-2)10-19-16(18-3)20-11-13-7-8-15(21-4)14(17)9-13/h7-9,12H,5-6,10-11H2,1-4H3,(H2,18,19,20). The Morgan fingerprint density at radius 2 is 2.00 bits per heavy atom. The minimum absolute atomic E-state index is 0.259. The summed E-state index contributed by atoms with van der Waals surface area (Å²) < 4.78 is 18.5. The monoisotopic (exact) mass is 295 g/mol. The number of methoxy groups -OCH3 is 1. The maximum absolute atomic E-state index is 13.6. The van der Waals surface area contributed by atoms with Crippen LogP contribution >= 0.6 is 0 Å².